The molecule has 0 bridgehead atoms. The van der Waals surface area contributed by atoms with Crippen molar-refractivity contribution < 1.29 is 0 Å². The molecule has 3 heteroatoms. The van der Waals surface area contributed by atoms with E-state index in [0.717, 1.165) is 23.5 Å². The third kappa shape index (κ3) is 2.04. The van der Waals surface area contributed by atoms with Gasteiger partial charge in [0.1, 0.15) is 0 Å². The molecule has 1 aliphatic rings. The smallest absolute Gasteiger partial charge is 0.248 e. The van der Waals surface area contributed by atoms with Gasteiger partial charge in [0.05, 0.1) is 0 Å². The SMILES string of the molecule is Cc1cc(=O)[nH]cc1C(N)CC1CC1. The lowest BCUT2D eigenvalue weighted by Crippen LogP contribution is -2.16. The highest BCUT2D eigenvalue weighted by molar-refractivity contribution is 5.24. The molecule has 0 aliphatic heterocycles. The maximum Gasteiger partial charge on any atom is 0.248 e. The molecule has 1 aromatic heterocycles. The van der Waals surface area contributed by atoms with Crippen LogP contribution in [-0.4, -0.2) is 4.98 Å². The molecule has 14 heavy (non-hydrogen) atoms. The van der Waals surface area contributed by atoms with Gasteiger partial charge < -0.3 is 10.7 Å². The Morgan fingerprint density at radius 2 is 2.36 bits per heavy atom. The molecule has 1 fully saturated rings. The lowest BCUT2D eigenvalue weighted by atomic mass is 10.00. The summed E-state index contributed by atoms with van der Waals surface area (Å²) in [6, 6.07) is 1.70. The minimum absolute atomic E-state index is 0.0510. The monoisotopic (exact) mass is 192 g/mol. The Balaban J connectivity index is 2.17. The molecule has 3 N–H and O–H groups in total. The van der Waals surface area contributed by atoms with Gasteiger partial charge in [0, 0.05) is 18.3 Å². The van der Waals surface area contributed by atoms with Crippen molar-refractivity contribution in [3.8, 4) is 0 Å². The number of H-pyrrole nitrogens is 1. The number of hydrogen-bond donors (Lipinski definition) is 2. The maximum atomic E-state index is 11.0. The zero-order chi connectivity index (χ0) is 10.1. The first-order valence-corrected chi connectivity index (χ1v) is 5.11. The van der Waals surface area contributed by atoms with E-state index in [0.29, 0.717) is 0 Å². The Morgan fingerprint density at radius 1 is 1.64 bits per heavy atom. The van der Waals surface area contributed by atoms with Gasteiger partial charge in [-0.3, -0.25) is 4.79 Å². The fourth-order valence-corrected chi connectivity index (χ4v) is 1.82. The highest BCUT2D eigenvalue weighted by Crippen LogP contribution is 2.36. The highest BCUT2D eigenvalue weighted by Gasteiger charge is 2.25. The highest BCUT2D eigenvalue weighted by atomic mass is 16.1. The minimum atomic E-state index is -0.0510. The summed E-state index contributed by atoms with van der Waals surface area (Å²) in [4.78, 5) is 13.7. The van der Waals surface area contributed by atoms with Crippen LogP contribution >= 0.6 is 0 Å². The van der Waals surface area contributed by atoms with E-state index in [2.05, 4.69) is 4.98 Å². The normalized spacial score (nSPS) is 18.1. The standard InChI is InChI=1S/C11H16N2O/c1-7-4-11(14)13-6-9(7)10(12)5-8-2-3-8/h4,6,8,10H,2-3,5,12H2,1H3,(H,13,14). The third-order valence-corrected chi connectivity index (χ3v) is 2.86. The molecule has 0 amide bonds. The van der Waals surface area contributed by atoms with Crippen LogP contribution in [0.2, 0.25) is 0 Å². The average Bonchev–Trinajstić information content (AvgIpc) is 2.87. The van der Waals surface area contributed by atoms with Gasteiger partial charge in [-0.25, -0.2) is 0 Å². The maximum absolute atomic E-state index is 11.0. The fraction of sp³-hybridized carbons (Fsp3) is 0.545. The molecule has 0 aromatic carbocycles. The summed E-state index contributed by atoms with van der Waals surface area (Å²) in [7, 11) is 0. The van der Waals surface area contributed by atoms with Crippen LogP contribution < -0.4 is 11.3 Å². The van der Waals surface area contributed by atoms with Crippen LogP contribution in [0.25, 0.3) is 0 Å². The number of pyridine rings is 1. The Labute approximate surface area is 83.3 Å². The molecule has 1 heterocycles. The van der Waals surface area contributed by atoms with Crippen molar-refractivity contribution in [2.45, 2.75) is 32.2 Å². The van der Waals surface area contributed by atoms with Crippen molar-refractivity contribution in [2.75, 3.05) is 0 Å². The first-order valence-electron chi connectivity index (χ1n) is 5.11. The third-order valence-electron chi connectivity index (χ3n) is 2.86. The van der Waals surface area contributed by atoms with Crippen LogP contribution in [0.5, 0.6) is 0 Å². The van der Waals surface area contributed by atoms with E-state index >= 15 is 0 Å². The second-order valence-corrected chi connectivity index (χ2v) is 4.22. The van der Waals surface area contributed by atoms with Gasteiger partial charge >= 0.3 is 0 Å². The molecule has 76 valence electrons. The molecule has 3 nitrogen and oxygen atoms in total. The summed E-state index contributed by atoms with van der Waals surface area (Å²) >= 11 is 0. The Hall–Kier alpha value is -1.09. The molecule has 1 aromatic rings. The van der Waals surface area contributed by atoms with Crippen molar-refractivity contribution in [1.29, 1.82) is 0 Å². The fourth-order valence-electron chi connectivity index (χ4n) is 1.82. The Kier molecular flexibility index (Phi) is 2.42. The van der Waals surface area contributed by atoms with Crippen molar-refractivity contribution in [2.24, 2.45) is 11.7 Å². The summed E-state index contributed by atoms with van der Waals surface area (Å²) in [5.41, 5.74) is 8.10. The molecule has 0 radical (unpaired) electrons. The van der Waals surface area contributed by atoms with Crippen LogP contribution in [0.3, 0.4) is 0 Å². The second kappa shape index (κ2) is 3.58. The summed E-state index contributed by atoms with van der Waals surface area (Å²) in [5, 5.41) is 0. The Morgan fingerprint density at radius 3 is 2.93 bits per heavy atom. The quantitative estimate of drug-likeness (QED) is 0.762. The summed E-state index contributed by atoms with van der Waals surface area (Å²) in [6.07, 6.45) is 5.43. The van der Waals surface area contributed by atoms with Crippen LogP contribution in [0.4, 0.5) is 0 Å². The Bertz CT molecular complexity index is 379. The number of nitrogens with one attached hydrogen (secondary N) is 1. The summed E-state index contributed by atoms with van der Waals surface area (Å²) in [5.74, 6) is 0.816. The zero-order valence-electron chi connectivity index (χ0n) is 8.42. The van der Waals surface area contributed by atoms with Crippen LogP contribution in [0.1, 0.15) is 36.4 Å². The number of aromatic amines is 1. The van der Waals surface area contributed by atoms with Gasteiger partial charge in [0.15, 0.2) is 0 Å². The van der Waals surface area contributed by atoms with Crippen molar-refractivity contribution >= 4 is 0 Å². The second-order valence-electron chi connectivity index (χ2n) is 4.22. The topological polar surface area (TPSA) is 58.9 Å². The van der Waals surface area contributed by atoms with Crippen LogP contribution in [-0.2, 0) is 0 Å². The first-order chi connectivity index (χ1) is 6.66. The number of rotatable bonds is 3. The van der Waals surface area contributed by atoms with Gasteiger partial charge in [-0.1, -0.05) is 12.8 Å². The van der Waals surface area contributed by atoms with E-state index in [-0.39, 0.29) is 11.6 Å². The van der Waals surface area contributed by atoms with Gasteiger partial charge in [0.2, 0.25) is 5.56 Å². The molecule has 1 aliphatic carbocycles. The van der Waals surface area contributed by atoms with Crippen LogP contribution in [0.15, 0.2) is 17.1 Å². The molecule has 2 rings (SSSR count). The predicted octanol–water partition coefficient (Wildman–Crippen LogP) is 1.48. The largest absolute Gasteiger partial charge is 0.329 e. The van der Waals surface area contributed by atoms with E-state index in [1.807, 2.05) is 6.92 Å². The van der Waals surface area contributed by atoms with Crippen molar-refractivity contribution in [3.63, 3.8) is 0 Å². The molecular weight excluding hydrogens is 176 g/mol. The van der Waals surface area contributed by atoms with Gasteiger partial charge in [-0.2, -0.15) is 0 Å². The molecule has 1 saturated carbocycles. The van der Waals surface area contributed by atoms with E-state index in [9.17, 15) is 4.79 Å². The zero-order valence-corrected chi connectivity index (χ0v) is 8.42. The van der Waals surface area contributed by atoms with E-state index in [4.69, 9.17) is 5.73 Å². The van der Waals surface area contributed by atoms with Gasteiger partial charge in [-0.05, 0) is 30.4 Å². The number of nitrogens with two attached hydrogens (primary N) is 1. The molecule has 1 unspecified atom stereocenters. The lowest BCUT2D eigenvalue weighted by Gasteiger charge is -2.13. The lowest BCUT2D eigenvalue weighted by molar-refractivity contribution is 0.592. The first kappa shape index (κ1) is 9.46. The van der Waals surface area contributed by atoms with E-state index in [1.165, 1.54) is 12.8 Å². The molecule has 1 atom stereocenters. The number of hydrogen-bond acceptors (Lipinski definition) is 2. The summed E-state index contributed by atoms with van der Waals surface area (Å²) < 4.78 is 0. The van der Waals surface area contributed by atoms with Crippen molar-refractivity contribution in [1.82, 2.24) is 4.98 Å². The molecule has 0 spiro atoms. The predicted molar refractivity (Wildman–Crippen MR) is 56.1 cm³/mol. The number of aromatic nitrogens is 1. The molecule has 0 saturated heterocycles. The number of aryl methyl sites for hydroxylation is 1. The minimum Gasteiger partial charge on any atom is -0.329 e. The van der Waals surface area contributed by atoms with Crippen LogP contribution in [0, 0.1) is 12.8 Å². The van der Waals surface area contributed by atoms with E-state index in [1.54, 1.807) is 12.3 Å². The van der Waals surface area contributed by atoms with Gasteiger partial charge in [-0.15, -0.1) is 0 Å². The van der Waals surface area contributed by atoms with Crippen molar-refractivity contribution in [3.05, 3.63) is 33.7 Å². The molecular formula is C11H16N2O. The average molecular weight is 192 g/mol. The van der Waals surface area contributed by atoms with Gasteiger partial charge in [0.25, 0.3) is 0 Å². The summed E-state index contributed by atoms with van der Waals surface area (Å²) in [6.45, 7) is 1.94. The van der Waals surface area contributed by atoms with E-state index < -0.39 is 0 Å².